The van der Waals surface area contributed by atoms with Gasteiger partial charge in [-0.2, -0.15) is 0 Å². The Bertz CT molecular complexity index is 375. The molecule has 0 bridgehead atoms. The van der Waals surface area contributed by atoms with Crippen molar-refractivity contribution in [3.8, 4) is 0 Å². The molecule has 2 heteroatoms. The van der Waals surface area contributed by atoms with E-state index in [1.54, 1.807) is 0 Å². The molecule has 1 saturated carbocycles. The third-order valence-corrected chi connectivity index (χ3v) is 5.11. The number of nitrogens with two attached hydrogens (primary N) is 1. The van der Waals surface area contributed by atoms with E-state index in [1.807, 2.05) is 0 Å². The fourth-order valence-electron chi connectivity index (χ4n) is 2.80. The van der Waals surface area contributed by atoms with Gasteiger partial charge in [-0.3, -0.25) is 0 Å². The molecular weight excluding hydrogens is 238 g/mol. The Morgan fingerprint density at radius 3 is 2.83 bits per heavy atom. The first-order chi connectivity index (χ1) is 8.65. The lowest BCUT2D eigenvalue weighted by Gasteiger charge is -2.27. The zero-order valence-corrected chi connectivity index (χ0v) is 12.4. The van der Waals surface area contributed by atoms with Crippen molar-refractivity contribution in [3.05, 3.63) is 29.8 Å². The summed E-state index contributed by atoms with van der Waals surface area (Å²) in [7, 11) is 0. The van der Waals surface area contributed by atoms with E-state index in [-0.39, 0.29) is 6.04 Å². The van der Waals surface area contributed by atoms with Crippen molar-refractivity contribution in [2.75, 3.05) is 0 Å². The van der Waals surface area contributed by atoms with E-state index in [9.17, 15) is 0 Å². The van der Waals surface area contributed by atoms with E-state index in [1.165, 1.54) is 36.1 Å². The lowest BCUT2D eigenvalue weighted by molar-refractivity contribution is 0.394. The maximum atomic E-state index is 5.94. The molecule has 0 saturated heterocycles. The monoisotopic (exact) mass is 263 g/mol. The standard InChI is InChI=1S/C16H25NS/c1-12-6-5-8-15(10-12)18-16-9-4-3-7-14(16)11-13(2)17/h3-4,7,9,12-13,15H,5-6,8,10-11,17H2,1-2H3. The van der Waals surface area contributed by atoms with Gasteiger partial charge in [0, 0.05) is 16.2 Å². The molecule has 3 unspecified atom stereocenters. The summed E-state index contributed by atoms with van der Waals surface area (Å²) in [5.74, 6) is 0.900. The summed E-state index contributed by atoms with van der Waals surface area (Å²) < 4.78 is 0. The normalized spacial score (nSPS) is 25.9. The molecule has 2 rings (SSSR count). The minimum absolute atomic E-state index is 0.247. The quantitative estimate of drug-likeness (QED) is 0.879. The van der Waals surface area contributed by atoms with Crippen LogP contribution in [0.15, 0.2) is 29.2 Å². The van der Waals surface area contributed by atoms with Gasteiger partial charge in [0.1, 0.15) is 0 Å². The van der Waals surface area contributed by atoms with Crippen LogP contribution in [0.3, 0.4) is 0 Å². The van der Waals surface area contributed by atoms with Gasteiger partial charge in [-0.25, -0.2) is 0 Å². The SMILES string of the molecule is CC(N)Cc1ccccc1SC1CCCC(C)C1. The molecule has 0 heterocycles. The fourth-order valence-corrected chi connectivity index (χ4v) is 4.33. The third kappa shape index (κ3) is 4.03. The summed E-state index contributed by atoms with van der Waals surface area (Å²) in [5, 5.41) is 0.808. The molecule has 0 spiro atoms. The molecule has 0 aliphatic heterocycles. The Morgan fingerprint density at radius 2 is 2.11 bits per heavy atom. The van der Waals surface area contributed by atoms with Gasteiger partial charge in [-0.1, -0.05) is 38.0 Å². The van der Waals surface area contributed by atoms with Crippen molar-refractivity contribution < 1.29 is 0 Å². The summed E-state index contributed by atoms with van der Waals surface area (Å²) in [5.41, 5.74) is 7.37. The van der Waals surface area contributed by atoms with Crippen LogP contribution in [0, 0.1) is 5.92 Å². The summed E-state index contributed by atoms with van der Waals surface area (Å²) >= 11 is 2.08. The zero-order chi connectivity index (χ0) is 13.0. The van der Waals surface area contributed by atoms with Crippen LogP contribution < -0.4 is 5.73 Å². The molecule has 0 radical (unpaired) electrons. The second-order valence-electron chi connectivity index (χ2n) is 5.80. The highest BCUT2D eigenvalue weighted by Crippen LogP contribution is 2.37. The molecule has 1 fully saturated rings. The number of benzene rings is 1. The highest BCUT2D eigenvalue weighted by atomic mass is 32.2. The summed E-state index contributed by atoms with van der Waals surface area (Å²) in [6.07, 6.45) is 6.55. The minimum Gasteiger partial charge on any atom is -0.328 e. The Hall–Kier alpha value is -0.470. The first-order valence-corrected chi connectivity index (χ1v) is 8.03. The zero-order valence-electron chi connectivity index (χ0n) is 11.6. The van der Waals surface area contributed by atoms with Gasteiger partial charge >= 0.3 is 0 Å². The van der Waals surface area contributed by atoms with Gasteiger partial charge in [0.15, 0.2) is 0 Å². The van der Waals surface area contributed by atoms with Gasteiger partial charge in [0.05, 0.1) is 0 Å². The highest BCUT2D eigenvalue weighted by Gasteiger charge is 2.20. The Labute approximate surface area is 116 Å². The molecule has 0 amide bonds. The lowest BCUT2D eigenvalue weighted by atomic mass is 9.91. The molecule has 18 heavy (non-hydrogen) atoms. The fraction of sp³-hybridized carbons (Fsp3) is 0.625. The average Bonchev–Trinajstić information content (AvgIpc) is 2.31. The van der Waals surface area contributed by atoms with Gasteiger partial charge in [-0.05, 0) is 43.7 Å². The second-order valence-corrected chi connectivity index (χ2v) is 7.14. The smallest absolute Gasteiger partial charge is 0.0107 e. The minimum atomic E-state index is 0.247. The average molecular weight is 263 g/mol. The Kier molecular flexibility index (Phi) is 5.13. The number of thioether (sulfide) groups is 1. The predicted octanol–water partition coefficient (Wildman–Crippen LogP) is 4.25. The van der Waals surface area contributed by atoms with Gasteiger partial charge in [-0.15, -0.1) is 11.8 Å². The van der Waals surface area contributed by atoms with Gasteiger partial charge in [0.25, 0.3) is 0 Å². The van der Waals surface area contributed by atoms with Crippen molar-refractivity contribution in [1.82, 2.24) is 0 Å². The molecule has 1 aromatic carbocycles. The molecule has 100 valence electrons. The Balaban J connectivity index is 2.03. The predicted molar refractivity (Wildman–Crippen MR) is 81.1 cm³/mol. The molecule has 0 aromatic heterocycles. The number of hydrogen-bond acceptors (Lipinski definition) is 2. The van der Waals surface area contributed by atoms with Crippen LogP contribution in [0.5, 0.6) is 0 Å². The van der Waals surface area contributed by atoms with Crippen LogP contribution in [-0.2, 0) is 6.42 Å². The first-order valence-electron chi connectivity index (χ1n) is 7.15. The molecule has 3 atom stereocenters. The van der Waals surface area contributed by atoms with Gasteiger partial charge < -0.3 is 5.73 Å². The maximum Gasteiger partial charge on any atom is 0.0107 e. The van der Waals surface area contributed by atoms with Crippen molar-refractivity contribution in [2.45, 2.75) is 62.1 Å². The number of rotatable bonds is 4. The molecular formula is C16H25NS. The molecule has 2 N–H and O–H groups in total. The maximum absolute atomic E-state index is 5.94. The second kappa shape index (κ2) is 6.63. The largest absolute Gasteiger partial charge is 0.328 e. The number of hydrogen-bond donors (Lipinski definition) is 1. The molecule has 1 nitrogen and oxygen atoms in total. The van der Waals surface area contributed by atoms with Crippen LogP contribution in [0.4, 0.5) is 0 Å². The van der Waals surface area contributed by atoms with Crippen LogP contribution in [0.25, 0.3) is 0 Å². The van der Waals surface area contributed by atoms with Crippen molar-refractivity contribution in [3.63, 3.8) is 0 Å². The highest BCUT2D eigenvalue weighted by molar-refractivity contribution is 8.00. The van der Waals surface area contributed by atoms with Crippen LogP contribution in [0.1, 0.15) is 45.1 Å². The molecule has 1 aliphatic rings. The summed E-state index contributed by atoms with van der Waals surface area (Å²) in [4.78, 5) is 1.45. The van der Waals surface area contributed by atoms with E-state index in [4.69, 9.17) is 5.73 Å². The topological polar surface area (TPSA) is 26.0 Å². The van der Waals surface area contributed by atoms with Crippen LogP contribution in [0.2, 0.25) is 0 Å². The van der Waals surface area contributed by atoms with Crippen LogP contribution >= 0.6 is 11.8 Å². The lowest BCUT2D eigenvalue weighted by Crippen LogP contribution is -2.19. The summed E-state index contributed by atoms with van der Waals surface area (Å²) in [6, 6.07) is 9.03. The van der Waals surface area contributed by atoms with Crippen molar-refractivity contribution >= 4 is 11.8 Å². The van der Waals surface area contributed by atoms with E-state index >= 15 is 0 Å². The molecule has 1 aliphatic carbocycles. The summed E-state index contributed by atoms with van der Waals surface area (Å²) in [6.45, 7) is 4.48. The van der Waals surface area contributed by atoms with Crippen molar-refractivity contribution in [2.24, 2.45) is 11.7 Å². The van der Waals surface area contributed by atoms with Crippen molar-refractivity contribution in [1.29, 1.82) is 0 Å². The molecule has 1 aromatic rings. The van der Waals surface area contributed by atoms with E-state index in [2.05, 4.69) is 49.9 Å². The first kappa shape index (κ1) is 14.0. The van der Waals surface area contributed by atoms with E-state index < -0.39 is 0 Å². The van der Waals surface area contributed by atoms with E-state index in [0.717, 1.165) is 17.6 Å². The van der Waals surface area contributed by atoms with E-state index in [0.29, 0.717) is 0 Å². The third-order valence-electron chi connectivity index (χ3n) is 3.70. The Morgan fingerprint density at radius 1 is 1.33 bits per heavy atom. The van der Waals surface area contributed by atoms with Gasteiger partial charge in [0.2, 0.25) is 0 Å². The van der Waals surface area contributed by atoms with Crippen LogP contribution in [-0.4, -0.2) is 11.3 Å².